The van der Waals surface area contributed by atoms with Crippen LogP contribution in [0.1, 0.15) is 17.3 Å². The molecule has 0 amide bonds. The van der Waals surface area contributed by atoms with Crippen molar-refractivity contribution >= 4 is 5.97 Å². The second-order valence-electron chi connectivity index (χ2n) is 3.27. The smallest absolute Gasteiger partial charge is 0.343 e. The van der Waals surface area contributed by atoms with Crippen molar-refractivity contribution in [3.63, 3.8) is 0 Å². The van der Waals surface area contributed by atoms with Crippen LogP contribution in [0.3, 0.4) is 0 Å². The molecule has 0 saturated carbocycles. The Hall–Kier alpha value is -1.62. The van der Waals surface area contributed by atoms with Gasteiger partial charge in [0.2, 0.25) is 0 Å². The van der Waals surface area contributed by atoms with Crippen molar-refractivity contribution in [3.05, 3.63) is 34.2 Å². The zero-order valence-electron chi connectivity index (χ0n) is 9.53. The summed E-state index contributed by atoms with van der Waals surface area (Å²) in [6.45, 7) is 4.08. The molecule has 0 aliphatic carbocycles. The van der Waals surface area contributed by atoms with Crippen molar-refractivity contribution in [3.8, 4) is 0 Å². The van der Waals surface area contributed by atoms with Crippen LogP contribution < -0.4 is 10.9 Å². The lowest BCUT2D eigenvalue weighted by atomic mass is 10.3. The van der Waals surface area contributed by atoms with E-state index in [-0.39, 0.29) is 11.1 Å². The van der Waals surface area contributed by atoms with Gasteiger partial charge < -0.3 is 14.6 Å². The van der Waals surface area contributed by atoms with E-state index >= 15 is 0 Å². The molecule has 0 aliphatic heterocycles. The summed E-state index contributed by atoms with van der Waals surface area (Å²) >= 11 is 0. The molecule has 0 radical (unpaired) electrons. The molecule has 0 saturated heterocycles. The number of hydrogen-bond donors (Lipinski definition) is 1. The monoisotopic (exact) mass is 224 g/mol. The van der Waals surface area contributed by atoms with Gasteiger partial charge in [0.25, 0.3) is 5.56 Å². The quantitative estimate of drug-likeness (QED) is 0.575. The van der Waals surface area contributed by atoms with Crippen molar-refractivity contribution in [1.29, 1.82) is 0 Å². The average Bonchev–Trinajstić information content (AvgIpc) is 2.30. The number of nitrogens with one attached hydrogen (secondary N) is 1. The summed E-state index contributed by atoms with van der Waals surface area (Å²) in [7, 11) is 1.26. The van der Waals surface area contributed by atoms with Gasteiger partial charge in [0.1, 0.15) is 5.56 Å². The fourth-order valence-electron chi connectivity index (χ4n) is 1.35. The maximum atomic E-state index is 11.8. The van der Waals surface area contributed by atoms with Gasteiger partial charge in [-0.3, -0.25) is 4.79 Å². The van der Waals surface area contributed by atoms with Crippen LogP contribution in [-0.2, 0) is 11.3 Å². The van der Waals surface area contributed by atoms with Crippen LogP contribution in [0.4, 0.5) is 0 Å². The first-order chi connectivity index (χ1) is 7.70. The van der Waals surface area contributed by atoms with Gasteiger partial charge in [-0.2, -0.15) is 0 Å². The third-order valence-corrected chi connectivity index (χ3v) is 2.20. The Morgan fingerprint density at radius 1 is 1.56 bits per heavy atom. The van der Waals surface area contributed by atoms with Crippen molar-refractivity contribution in [2.75, 3.05) is 20.2 Å². The van der Waals surface area contributed by atoms with Gasteiger partial charge in [0.15, 0.2) is 0 Å². The van der Waals surface area contributed by atoms with Gasteiger partial charge in [-0.15, -0.1) is 0 Å². The molecule has 1 rings (SSSR count). The van der Waals surface area contributed by atoms with E-state index in [9.17, 15) is 9.59 Å². The Bertz CT molecular complexity index is 412. The number of aromatic nitrogens is 1. The predicted octanol–water partition coefficient (Wildman–Crippen LogP) is 0.244. The van der Waals surface area contributed by atoms with E-state index in [0.717, 1.165) is 6.54 Å². The first-order valence-electron chi connectivity index (χ1n) is 5.19. The number of hydrogen-bond acceptors (Lipinski definition) is 4. The van der Waals surface area contributed by atoms with Gasteiger partial charge in [-0.05, 0) is 18.7 Å². The third kappa shape index (κ3) is 2.93. The number of likely N-dealkylation sites (N-methyl/N-ethyl adjacent to an activating group) is 1. The normalized spacial score (nSPS) is 10.1. The Morgan fingerprint density at radius 3 is 2.94 bits per heavy atom. The van der Waals surface area contributed by atoms with Crippen LogP contribution in [-0.4, -0.2) is 30.7 Å². The second kappa shape index (κ2) is 6.07. The van der Waals surface area contributed by atoms with E-state index < -0.39 is 5.97 Å². The number of carbonyl (C=O) groups is 1. The lowest BCUT2D eigenvalue weighted by Gasteiger charge is -2.07. The Balaban J connectivity index is 2.87. The molecule has 0 aliphatic rings. The number of carbonyl (C=O) groups excluding carboxylic acids is 1. The maximum Gasteiger partial charge on any atom is 0.343 e. The van der Waals surface area contributed by atoms with E-state index in [4.69, 9.17) is 0 Å². The molecule has 0 unspecified atom stereocenters. The molecule has 0 atom stereocenters. The summed E-state index contributed by atoms with van der Waals surface area (Å²) in [5.74, 6) is -0.595. The van der Waals surface area contributed by atoms with Crippen LogP contribution in [0, 0.1) is 0 Å². The minimum atomic E-state index is -0.595. The number of nitrogens with zero attached hydrogens (tertiary/aromatic N) is 1. The summed E-state index contributed by atoms with van der Waals surface area (Å²) in [6.07, 6.45) is 1.66. The zero-order chi connectivity index (χ0) is 12.0. The van der Waals surface area contributed by atoms with Gasteiger partial charge in [0, 0.05) is 19.3 Å². The van der Waals surface area contributed by atoms with E-state index in [1.54, 1.807) is 12.3 Å². The van der Waals surface area contributed by atoms with E-state index in [1.807, 2.05) is 6.92 Å². The lowest BCUT2D eigenvalue weighted by molar-refractivity contribution is 0.0598. The molecule has 88 valence electrons. The minimum Gasteiger partial charge on any atom is -0.465 e. The first-order valence-corrected chi connectivity index (χ1v) is 5.19. The SMILES string of the molecule is CCNCCn1cccc(C(=O)OC)c1=O. The maximum absolute atomic E-state index is 11.8. The molecule has 0 spiro atoms. The van der Waals surface area contributed by atoms with Gasteiger partial charge >= 0.3 is 5.97 Å². The fourth-order valence-corrected chi connectivity index (χ4v) is 1.35. The van der Waals surface area contributed by atoms with Gasteiger partial charge in [-0.1, -0.05) is 6.92 Å². The summed E-state index contributed by atoms with van der Waals surface area (Å²) < 4.78 is 6.02. The first kappa shape index (κ1) is 12.4. The molecular weight excluding hydrogens is 208 g/mol. The van der Waals surface area contributed by atoms with E-state index in [1.165, 1.54) is 17.7 Å². The summed E-state index contributed by atoms with van der Waals surface area (Å²) in [6, 6.07) is 3.14. The van der Waals surface area contributed by atoms with Gasteiger partial charge in [0.05, 0.1) is 7.11 Å². The highest BCUT2D eigenvalue weighted by molar-refractivity contribution is 5.88. The molecule has 16 heavy (non-hydrogen) atoms. The molecule has 0 fully saturated rings. The fraction of sp³-hybridized carbons (Fsp3) is 0.455. The molecule has 1 N–H and O–H groups in total. The molecular formula is C11H16N2O3. The van der Waals surface area contributed by atoms with Crippen molar-refractivity contribution in [2.24, 2.45) is 0 Å². The largest absolute Gasteiger partial charge is 0.465 e. The minimum absolute atomic E-state index is 0.0708. The summed E-state index contributed by atoms with van der Waals surface area (Å²) in [5.41, 5.74) is -0.242. The summed E-state index contributed by atoms with van der Waals surface area (Å²) in [5, 5.41) is 3.11. The molecule has 1 aromatic rings. The lowest BCUT2D eigenvalue weighted by Crippen LogP contribution is -2.30. The molecule has 5 heteroatoms. The zero-order valence-corrected chi connectivity index (χ0v) is 9.53. The topological polar surface area (TPSA) is 60.3 Å². The Labute approximate surface area is 94.0 Å². The highest BCUT2D eigenvalue weighted by Crippen LogP contribution is 1.94. The van der Waals surface area contributed by atoms with Crippen LogP contribution in [0.15, 0.2) is 23.1 Å². The third-order valence-electron chi connectivity index (χ3n) is 2.20. The van der Waals surface area contributed by atoms with Gasteiger partial charge in [-0.25, -0.2) is 4.79 Å². The number of pyridine rings is 1. The molecule has 5 nitrogen and oxygen atoms in total. The van der Waals surface area contributed by atoms with Crippen LogP contribution in [0.2, 0.25) is 0 Å². The average molecular weight is 224 g/mol. The number of esters is 1. The van der Waals surface area contributed by atoms with Crippen LogP contribution in [0.5, 0.6) is 0 Å². The highest BCUT2D eigenvalue weighted by Gasteiger charge is 2.11. The van der Waals surface area contributed by atoms with E-state index in [2.05, 4.69) is 10.1 Å². The van der Waals surface area contributed by atoms with Crippen LogP contribution in [0.25, 0.3) is 0 Å². The molecule has 0 aromatic carbocycles. The number of ether oxygens (including phenoxy) is 1. The Morgan fingerprint density at radius 2 is 2.31 bits per heavy atom. The standard InChI is InChI=1S/C11H16N2O3/c1-3-12-6-8-13-7-4-5-9(10(13)14)11(15)16-2/h4-5,7,12H,3,6,8H2,1-2H3. The Kier molecular flexibility index (Phi) is 4.72. The van der Waals surface area contributed by atoms with Crippen molar-refractivity contribution in [1.82, 2.24) is 9.88 Å². The molecule has 1 heterocycles. The second-order valence-corrected chi connectivity index (χ2v) is 3.27. The van der Waals surface area contributed by atoms with Crippen molar-refractivity contribution in [2.45, 2.75) is 13.5 Å². The highest BCUT2D eigenvalue weighted by atomic mass is 16.5. The predicted molar refractivity (Wildman–Crippen MR) is 60.6 cm³/mol. The number of methoxy groups -OCH3 is 1. The summed E-state index contributed by atoms with van der Waals surface area (Å²) in [4.78, 5) is 23.1. The van der Waals surface area contributed by atoms with E-state index in [0.29, 0.717) is 13.1 Å². The molecule has 1 aromatic heterocycles. The molecule has 0 bridgehead atoms. The van der Waals surface area contributed by atoms with Crippen LogP contribution >= 0.6 is 0 Å². The number of rotatable bonds is 5. The van der Waals surface area contributed by atoms with Crippen molar-refractivity contribution < 1.29 is 9.53 Å².